The van der Waals surface area contributed by atoms with Gasteiger partial charge in [0.25, 0.3) is 6.43 Å². The van der Waals surface area contributed by atoms with Crippen LogP contribution in [0, 0.1) is 0 Å². The molecule has 192 valence electrons. The molecule has 3 aromatic carbocycles. The third-order valence-corrected chi connectivity index (χ3v) is 6.00. The Balaban J connectivity index is 1.65. The Kier molecular flexibility index (Phi) is 7.63. The van der Waals surface area contributed by atoms with E-state index >= 15 is 0 Å². The van der Waals surface area contributed by atoms with Gasteiger partial charge in [0.1, 0.15) is 6.61 Å². The number of alkyl halides is 2. The average molecular weight is 510 g/mol. The largest absolute Gasteiger partial charge is 0.459 e. The van der Waals surface area contributed by atoms with Crippen LogP contribution >= 0.6 is 0 Å². The molecule has 37 heavy (non-hydrogen) atoms. The van der Waals surface area contributed by atoms with Gasteiger partial charge in [-0.1, -0.05) is 54.6 Å². The van der Waals surface area contributed by atoms with Gasteiger partial charge in [0.15, 0.2) is 11.7 Å². The molecule has 0 bridgehead atoms. The van der Waals surface area contributed by atoms with Crippen molar-refractivity contribution in [3.63, 3.8) is 0 Å². The molecule has 1 saturated heterocycles. The van der Waals surface area contributed by atoms with Crippen molar-refractivity contribution in [1.82, 2.24) is 0 Å². The Morgan fingerprint density at radius 3 is 1.76 bits per heavy atom. The maximum Gasteiger partial charge on any atom is 0.338 e. The number of rotatable bonds is 8. The van der Waals surface area contributed by atoms with Crippen LogP contribution in [-0.4, -0.2) is 54.9 Å². The monoisotopic (exact) mass is 510 g/mol. The zero-order valence-corrected chi connectivity index (χ0v) is 19.8. The van der Waals surface area contributed by atoms with Crippen LogP contribution in [0.2, 0.25) is 0 Å². The van der Waals surface area contributed by atoms with E-state index < -0.39 is 54.9 Å². The molecule has 1 fully saturated rings. The first-order valence-electron chi connectivity index (χ1n) is 11.4. The molecule has 4 rings (SSSR count). The quantitative estimate of drug-likeness (QED) is 0.320. The first-order chi connectivity index (χ1) is 17.7. The number of halogens is 2. The third kappa shape index (κ3) is 5.51. The Morgan fingerprint density at radius 1 is 0.811 bits per heavy atom. The van der Waals surface area contributed by atoms with Crippen molar-refractivity contribution in [2.75, 3.05) is 13.2 Å². The fourth-order valence-corrected chi connectivity index (χ4v) is 4.04. The molecule has 0 aliphatic carbocycles. The van der Waals surface area contributed by atoms with Crippen molar-refractivity contribution in [1.29, 1.82) is 0 Å². The van der Waals surface area contributed by atoms with Crippen LogP contribution in [0.25, 0.3) is 0 Å². The standard InChI is InChI=1S/C28H24F2O7/c1-27(37-24(33)21-15-9-4-10-16-21)17-35-28(26(29)30,18-34-22(31)19-11-5-2-6-12-19)25(27)36-23(32)20-13-7-3-8-14-20/h2-16,25-26H,17-18H2,1H3/t25-,27-,28+/m0/s1. The van der Waals surface area contributed by atoms with Gasteiger partial charge < -0.3 is 18.9 Å². The van der Waals surface area contributed by atoms with Crippen LogP contribution in [0.15, 0.2) is 91.0 Å². The van der Waals surface area contributed by atoms with Crippen LogP contribution in [0.1, 0.15) is 38.0 Å². The molecule has 0 unspecified atom stereocenters. The van der Waals surface area contributed by atoms with Crippen LogP contribution in [0.3, 0.4) is 0 Å². The van der Waals surface area contributed by atoms with Gasteiger partial charge in [-0.15, -0.1) is 0 Å². The van der Waals surface area contributed by atoms with Crippen molar-refractivity contribution in [3.05, 3.63) is 108 Å². The zero-order valence-electron chi connectivity index (χ0n) is 19.8. The van der Waals surface area contributed by atoms with E-state index in [0.717, 1.165) is 0 Å². The Morgan fingerprint density at radius 2 is 1.27 bits per heavy atom. The second-order valence-electron chi connectivity index (χ2n) is 8.71. The molecule has 1 aliphatic rings. The van der Waals surface area contributed by atoms with E-state index in [1.165, 1.54) is 43.3 Å². The van der Waals surface area contributed by atoms with Gasteiger partial charge in [-0.05, 0) is 43.3 Å². The second-order valence-corrected chi connectivity index (χ2v) is 8.71. The number of hydrogen-bond donors (Lipinski definition) is 0. The minimum atomic E-state index is -3.28. The summed E-state index contributed by atoms with van der Waals surface area (Å²) in [4.78, 5) is 38.3. The number of esters is 3. The molecule has 0 saturated carbocycles. The highest BCUT2D eigenvalue weighted by atomic mass is 19.3. The van der Waals surface area contributed by atoms with Gasteiger partial charge >= 0.3 is 17.9 Å². The van der Waals surface area contributed by atoms with Crippen molar-refractivity contribution in [2.24, 2.45) is 0 Å². The molecular formula is C28H24F2O7. The molecule has 3 atom stereocenters. The first kappa shape index (κ1) is 26.0. The molecular weight excluding hydrogens is 486 g/mol. The molecule has 0 amide bonds. The van der Waals surface area contributed by atoms with Crippen molar-refractivity contribution in [3.8, 4) is 0 Å². The minimum Gasteiger partial charge on any atom is -0.459 e. The maximum atomic E-state index is 14.7. The van der Waals surface area contributed by atoms with Gasteiger partial charge in [-0.3, -0.25) is 0 Å². The zero-order chi connectivity index (χ0) is 26.5. The summed E-state index contributed by atoms with van der Waals surface area (Å²) >= 11 is 0. The highest BCUT2D eigenvalue weighted by molar-refractivity contribution is 5.91. The molecule has 0 N–H and O–H groups in total. The second kappa shape index (κ2) is 10.9. The summed E-state index contributed by atoms with van der Waals surface area (Å²) in [5.41, 5.74) is -4.02. The van der Waals surface area contributed by atoms with Crippen molar-refractivity contribution >= 4 is 17.9 Å². The van der Waals surface area contributed by atoms with Crippen LogP contribution in [0.4, 0.5) is 8.78 Å². The molecule has 3 aromatic rings. The summed E-state index contributed by atoms with van der Waals surface area (Å²) in [6.07, 6.45) is -5.09. The summed E-state index contributed by atoms with van der Waals surface area (Å²) < 4.78 is 51.3. The normalized spacial score (nSPS) is 22.9. The fourth-order valence-electron chi connectivity index (χ4n) is 4.04. The van der Waals surface area contributed by atoms with E-state index in [-0.39, 0.29) is 16.7 Å². The van der Waals surface area contributed by atoms with Crippen LogP contribution in [0.5, 0.6) is 0 Å². The lowest BCUT2D eigenvalue weighted by Gasteiger charge is -2.37. The smallest absolute Gasteiger partial charge is 0.338 e. The summed E-state index contributed by atoms with van der Waals surface area (Å²) in [5, 5.41) is 0. The van der Waals surface area contributed by atoms with Gasteiger partial charge in [0.05, 0.1) is 23.3 Å². The van der Waals surface area contributed by atoms with Gasteiger partial charge in [-0.2, -0.15) is 0 Å². The van der Waals surface area contributed by atoms with Gasteiger partial charge in [0, 0.05) is 0 Å². The predicted octanol–water partition coefficient (Wildman–Crippen LogP) is 4.72. The van der Waals surface area contributed by atoms with Crippen molar-refractivity contribution in [2.45, 2.75) is 30.7 Å². The predicted molar refractivity (Wildman–Crippen MR) is 127 cm³/mol. The van der Waals surface area contributed by atoms with E-state index in [4.69, 9.17) is 18.9 Å². The van der Waals surface area contributed by atoms with E-state index in [1.807, 2.05) is 0 Å². The van der Waals surface area contributed by atoms with E-state index in [1.54, 1.807) is 54.6 Å². The van der Waals surface area contributed by atoms with E-state index in [9.17, 15) is 23.2 Å². The van der Waals surface area contributed by atoms with Crippen LogP contribution in [-0.2, 0) is 18.9 Å². The summed E-state index contributed by atoms with van der Waals surface area (Å²) in [6, 6.07) is 23.5. The van der Waals surface area contributed by atoms with E-state index in [0.29, 0.717) is 0 Å². The highest BCUT2D eigenvalue weighted by Crippen LogP contribution is 2.43. The lowest BCUT2D eigenvalue weighted by atomic mass is 9.88. The lowest BCUT2D eigenvalue weighted by molar-refractivity contribution is -0.179. The number of hydrogen-bond acceptors (Lipinski definition) is 7. The number of carbonyl (C=O) groups is 3. The SMILES string of the molecule is C[C@]1(OC(=O)c2ccccc2)CO[C@@](COC(=O)c2ccccc2)(C(F)F)[C@H]1OC(=O)c1ccccc1. The lowest BCUT2D eigenvalue weighted by Crippen LogP contribution is -2.59. The average Bonchev–Trinajstić information content (AvgIpc) is 3.20. The van der Waals surface area contributed by atoms with E-state index in [2.05, 4.69) is 0 Å². The van der Waals surface area contributed by atoms with Gasteiger partial charge in [0.2, 0.25) is 5.60 Å². The Labute approximate surface area is 211 Å². The molecule has 7 nitrogen and oxygen atoms in total. The first-order valence-corrected chi connectivity index (χ1v) is 11.4. The van der Waals surface area contributed by atoms with Gasteiger partial charge in [-0.25, -0.2) is 23.2 Å². The number of carbonyl (C=O) groups excluding carboxylic acids is 3. The van der Waals surface area contributed by atoms with Crippen LogP contribution < -0.4 is 0 Å². The summed E-state index contributed by atoms with van der Waals surface area (Å²) in [5.74, 6) is -2.62. The molecule has 0 radical (unpaired) electrons. The summed E-state index contributed by atoms with van der Waals surface area (Å²) in [7, 11) is 0. The minimum absolute atomic E-state index is 0.0931. The summed E-state index contributed by atoms with van der Waals surface area (Å²) in [6.45, 7) is -0.158. The molecule has 9 heteroatoms. The fraction of sp³-hybridized carbons (Fsp3) is 0.250. The highest BCUT2D eigenvalue weighted by Gasteiger charge is 2.66. The molecule has 0 aromatic heterocycles. The topological polar surface area (TPSA) is 88.1 Å². The number of benzene rings is 3. The number of ether oxygens (including phenoxy) is 4. The Bertz CT molecular complexity index is 1240. The van der Waals surface area contributed by atoms with Crippen molar-refractivity contribution < 1.29 is 42.1 Å². The molecule has 1 heterocycles. The molecule has 0 spiro atoms. The maximum absolute atomic E-state index is 14.7. The molecule has 1 aliphatic heterocycles. The third-order valence-electron chi connectivity index (χ3n) is 6.00. The Hall–Kier alpha value is -4.11.